The number of ether oxygens (including phenoxy) is 1. The molecule has 2 amide bonds. The van der Waals surface area contributed by atoms with Crippen LogP contribution in [0.2, 0.25) is 5.02 Å². The zero-order valence-corrected chi connectivity index (χ0v) is 12.6. The third kappa shape index (κ3) is 2.90. The Bertz CT molecular complexity index is 578. The second-order valence-corrected chi connectivity index (χ2v) is 5.55. The highest BCUT2D eigenvalue weighted by molar-refractivity contribution is 6.31. The zero-order chi connectivity index (χ0) is 15.6. The van der Waals surface area contributed by atoms with Crippen molar-refractivity contribution in [3.05, 3.63) is 23.2 Å². The first-order chi connectivity index (χ1) is 9.88. The fraction of sp³-hybridized carbons (Fsp3) is 0.429. The molecule has 1 unspecified atom stereocenters. The van der Waals surface area contributed by atoms with Gasteiger partial charge in [-0.2, -0.15) is 0 Å². The number of urea groups is 1. The van der Waals surface area contributed by atoms with E-state index >= 15 is 0 Å². The van der Waals surface area contributed by atoms with Crippen molar-refractivity contribution in [3.63, 3.8) is 0 Å². The molecule has 1 aliphatic heterocycles. The molecular weight excluding hydrogens is 296 g/mol. The van der Waals surface area contributed by atoms with Gasteiger partial charge in [0, 0.05) is 11.6 Å². The number of hydrogen-bond donors (Lipinski definition) is 2. The Balaban J connectivity index is 2.22. The average Bonchev–Trinajstić information content (AvgIpc) is 2.82. The second kappa shape index (κ2) is 5.81. The van der Waals surface area contributed by atoms with E-state index in [0.717, 1.165) is 0 Å². The smallest absolute Gasteiger partial charge is 0.329 e. The monoisotopic (exact) mass is 312 g/mol. The summed E-state index contributed by atoms with van der Waals surface area (Å²) in [4.78, 5) is 25.1. The van der Waals surface area contributed by atoms with Crippen molar-refractivity contribution in [1.82, 2.24) is 4.90 Å². The standard InChI is InChI=1S/C14H17ClN2O4/c1-14(12(18)19)6-3-7-17(14)13(20)16-10-8-9(15)4-5-11(10)21-2/h4-5,8H,3,6-7H2,1-2H3,(H,16,20)(H,18,19). The van der Waals surface area contributed by atoms with Gasteiger partial charge in [0.1, 0.15) is 11.3 Å². The van der Waals surface area contributed by atoms with Crippen LogP contribution in [0, 0.1) is 0 Å². The normalized spacial score (nSPS) is 21.2. The molecule has 1 aliphatic rings. The van der Waals surface area contributed by atoms with Gasteiger partial charge in [0.05, 0.1) is 12.8 Å². The van der Waals surface area contributed by atoms with Gasteiger partial charge in [-0.15, -0.1) is 0 Å². The Morgan fingerprint density at radius 3 is 2.81 bits per heavy atom. The lowest BCUT2D eigenvalue weighted by Gasteiger charge is -2.31. The van der Waals surface area contributed by atoms with E-state index in [1.807, 2.05) is 0 Å². The van der Waals surface area contributed by atoms with E-state index in [1.165, 1.54) is 12.0 Å². The van der Waals surface area contributed by atoms with Crippen molar-refractivity contribution in [2.45, 2.75) is 25.3 Å². The van der Waals surface area contributed by atoms with Crippen LogP contribution < -0.4 is 10.1 Å². The molecule has 0 radical (unpaired) electrons. The highest BCUT2D eigenvalue weighted by Gasteiger charge is 2.46. The van der Waals surface area contributed by atoms with E-state index in [0.29, 0.717) is 35.8 Å². The van der Waals surface area contributed by atoms with Crippen LogP contribution in [0.5, 0.6) is 5.75 Å². The van der Waals surface area contributed by atoms with Gasteiger partial charge in [0.15, 0.2) is 0 Å². The molecule has 2 N–H and O–H groups in total. The fourth-order valence-electron chi connectivity index (χ4n) is 2.47. The number of benzene rings is 1. The summed E-state index contributed by atoms with van der Waals surface area (Å²) in [6.07, 6.45) is 1.09. The predicted octanol–water partition coefficient (Wildman–Crippen LogP) is 2.82. The van der Waals surface area contributed by atoms with E-state index in [2.05, 4.69) is 5.32 Å². The quantitative estimate of drug-likeness (QED) is 0.899. The Hall–Kier alpha value is -1.95. The molecular formula is C14H17ClN2O4. The number of carbonyl (C=O) groups is 2. The number of anilines is 1. The second-order valence-electron chi connectivity index (χ2n) is 5.11. The van der Waals surface area contributed by atoms with Crippen molar-refractivity contribution in [2.24, 2.45) is 0 Å². The summed E-state index contributed by atoms with van der Waals surface area (Å²) in [6, 6.07) is 4.37. The van der Waals surface area contributed by atoms with Gasteiger partial charge in [0.25, 0.3) is 0 Å². The number of carbonyl (C=O) groups excluding carboxylic acids is 1. The molecule has 1 atom stereocenters. The third-order valence-corrected chi connectivity index (χ3v) is 3.99. The number of rotatable bonds is 3. The third-order valence-electron chi connectivity index (χ3n) is 3.75. The van der Waals surface area contributed by atoms with E-state index in [1.54, 1.807) is 25.1 Å². The Morgan fingerprint density at radius 2 is 2.19 bits per heavy atom. The fourth-order valence-corrected chi connectivity index (χ4v) is 2.64. The number of nitrogens with one attached hydrogen (secondary N) is 1. The van der Waals surface area contributed by atoms with Crippen LogP contribution >= 0.6 is 11.6 Å². The van der Waals surface area contributed by atoms with Crippen LogP contribution in [0.15, 0.2) is 18.2 Å². The van der Waals surface area contributed by atoms with E-state index in [4.69, 9.17) is 16.3 Å². The molecule has 0 aromatic heterocycles. The molecule has 1 aromatic rings. The number of carboxylic acid groups (broad SMARTS) is 1. The lowest BCUT2D eigenvalue weighted by molar-refractivity contribution is -0.146. The summed E-state index contributed by atoms with van der Waals surface area (Å²) >= 11 is 5.91. The maximum absolute atomic E-state index is 12.4. The van der Waals surface area contributed by atoms with E-state index < -0.39 is 17.5 Å². The summed E-state index contributed by atoms with van der Waals surface area (Å²) < 4.78 is 5.16. The maximum Gasteiger partial charge on any atom is 0.329 e. The average molecular weight is 313 g/mol. The van der Waals surface area contributed by atoms with Crippen molar-refractivity contribution in [3.8, 4) is 5.75 Å². The van der Waals surface area contributed by atoms with Crippen LogP contribution in [-0.4, -0.2) is 41.2 Å². The number of amides is 2. The molecule has 6 nitrogen and oxygen atoms in total. The van der Waals surface area contributed by atoms with Crippen LogP contribution in [-0.2, 0) is 4.79 Å². The molecule has 1 aromatic carbocycles. The minimum atomic E-state index is -1.18. The van der Waals surface area contributed by atoms with Gasteiger partial charge in [-0.05, 0) is 38.0 Å². The Morgan fingerprint density at radius 1 is 1.48 bits per heavy atom. The molecule has 1 saturated heterocycles. The van der Waals surface area contributed by atoms with Crippen LogP contribution in [0.1, 0.15) is 19.8 Å². The number of nitrogens with zero attached hydrogens (tertiary/aromatic N) is 1. The maximum atomic E-state index is 12.4. The molecule has 0 aliphatic carbocycles. The van der Waals surface area contributed by atoms with Gasteiger partial charge in [-0.1, -0.05) is 11.6 Å². The highest BCUT2D eigenvalue weighted by Crippen LogP contribution is 2.32. The van der Waals surface area contributed by atoms with Gasteiger partial charge in [-0.25, -0.2) is 9.59 Å². The van der Waals surface area contributed by atoms with Crippen LogP contribution in [0.4, 0.5) is 10.5 Å². The number of carboxylic acids is 1. The SMILES string of the molecule is COc1ccc(Cl)cc1NC(=O)N1CCCC1(C)C(=O)O. The molecule has 2 rings (SSSR count). The minimum absolute atomic E-state index is 0.400. The first kappa shape index (κ1) is 15.4. The Labute approximate surface area is 127 Å². The number of hydrogen-bond acceptors (Lipinski definition) is 3. The molecule has 0 spiro atoms. The highest BCUT2D eigenvalue weighted by atomic mass is 35.5. The van der Waals surface area contributed by atoms with Crippen molar-refractivity contribution < 1.29 is 19.4 Å². The number of halogens is 1. The topological polar surface area (TPSA) is 78.9 Å². The van der Waals surface area contributed by atoms with Crippen molar-refractivity contribution in [1.29, 1.82) is 0 Å². The summed E-state index contributed by atoms with van der Waals surface area (Å²) in [7, 11) is 1.48. The van der Waals surface area contributed by atoms with Gasteiger partial charge in [0.2, 0.25) is 0 Å². The first-order valence-corrected chi connectivity index (χ1v) is 6.92. The summed E-state index contributed by atoms with van der Waals surface area (Å²) in [5.74, 6) is -0.544. The van der Waals surface area contributed by atoms with Crippen molar-refractivity contribution >= 4 is 29.3 Å². The molecule has 0 bridgehead atoms. The molecule has 114 valence electrons. The van der Waals surface area contributed by atoms with E-state index in [-0.39, 0.29) is 0 Å². The molecule has 0 saturated carbocycles. The first-order valence-electron chi connectivity index (χ1n) is 6.54. The Kier molecular flexibility index (Phi) is 4.27. The zero-order valence-electron chi connectivity index (χ0n) is 11.9. The summed E-state index contributed by atoms with van der Waals surface area (Å²) in [6.45, 7) is 1.95. The molecule has 7 heteroatoms. The van der Waals surface area contributed by atoms with Crippen LogP contribution in [0.3, 0.4) is 0 Å². The number of methoxy groups -OCH3 is 1. The minimum Gasteiger partial charge on any atom is -0.495 e. The largest absolute Gasteiger partial charge is 0.495 e. The van der Waals surface area contributed by atoms with E-state index in [9.17, 15) is 14.7 Å². The lowest BCUT2D eigenvalue weighted by atomic mass is 10.00. The summed E-state index contributed by atoms with van der Waals surface area (Å²) in [5.41, 5.74) is -0.773. The molecule has 1 heterocycles. The van der Waals surface area contributed by atoms with Gasteiger partial charge < -0.3 is 20.1 Å². The van der Waals surface area contributed by atoms with Gasteiger partial charge >= 0.3 is 12.0 Å². The molecule has 21 heavy (non-hydrogen) atoms. The number of aliphatic carboxylic acids is 1. The number of likely N-dealkylation sites (tertiary alicyclic amines) is 1. The van der Waals surface area contributed by atoms with Crippen LogP contribution in [0.25, 0.3) is 0 Å². The lowest BCUT2D eigenvalue weighted by Crippen LogP contribution is -2.52. The predicted molar refractivity (Wildman–Crippen MR) is 79.0 cm³/mol. The summed E-state index contributed by atoms with van der Waals surface area (Å²) in [5, 5.41) is 12.5. The van der Waals surface area contributed by atoms with Crippen molar-refractivity contribution in [2.75, 3.05) is 19.0 Å². The van der Waals surface area contributed by atoms with Gasteiger partial charge in [-0.3, -0.25) is 0 Å². The molecule has 1 fully saturated rings.